The molecular weight excluding hydrogens is 995 g/mol. The van der Waals surface area contributed by atoms with Crippen molar-refractivity contribution in [3.63, 3.8) is 0 Å². The second-order valence-electron chi connectivity index (χ2n) is 18.7. The molecule has 0 saturated carbocycles. The van der Waals surface area contributed by atoms with Gasteiger partial charge in [0.2, 0.25) is 39.6 Å². The predicted octanol–water partition coefficient (Wildman–Crippen LogP) is 4.85. The van der Waals surface area contributed by atoms with Crippen LogP contribution in [-0.4, -0.2) is 181 Å². The smallest absolute Gasteiger partial charge is 0.247 e. The molecule has 76 heavy (non-hydrogen) atoms. The van der Waals surface area contributed by atoms with Crippen LogP contribution in [0.3, 0.4) is 0 Å². The van der Waals surface area contributed by atoms with Crippen LogP contribution in [-0.2, 0) is 33.7 Å². The van der Waals surface area contributed by atoms with Crippen molar-refractivity contribution in [2.75, 3.05) is 132 Å². The maximum absolute atomic E-state index is 12.3. The Kier molecular flexibility index (Phi) is 16.4. The van der Waals surface area contributed by atoms with Gasteiger partial charge in [-0.05, 0) is 57.6 Å². The molecule has 7 heterocycles. The Hall–Kier alpha value is -8.26. The molecule has 0 aliphatic carbocycles. The van der Waals surface area contributed by atoms with Gasteiger partial charge >= 0.3 is 0 Å². The zero-order chi connectivity index (χ0) is 54.4. The minimum absolute atomic E-state index is 0.242. The number of likely N-dealkylation sites (N-methyl/N-ethyl adjacent to an activating group) is 3. The number of aromatic amines is 1. The number of sulfonamides is 1. The number of anilines is 8. The molecule has 2 fully saturated rings. The van der Waals surface area contributed by atoms with Crippen molar-refractivity contribution in [1.82, 2.24) is 53.4 Å². The molecule has 2 saturated heterocycles. The third-order valence-corrected chi connectivity index (χ3v) is 14.0. The number of fused-ring (bicyclic) bond motifs is 2. The van der Waals surface area contributed by atoms with E-state index in [0.29, 0.717) is 57.1 Å². The molecule has 0 spiro atoms. The van der Waals surface area contributed by atoms with Gasteiger partial charge in [0.1, 0.15) is 28.9 Å². The number of rotatable bonds is 19. The number of nitrogens with zero attached hydrogens (tertiary/aromatic N) is 12. The first-order chi connectivity index (χ1) is 36.3. The fraction of sp³-hybridized carbons (Fsp3) is 0.353. The first-order valence-electron chi connectivity index (χ1n) is 24.3. The second-order valence-corrected chi connectivity index (χ2v) is 20.6. The summed E-state index contributed by atoms with van der Waals surface area (Å²) in [5, 5.41) is 18.2. The number of hydrogen-bond acceptors (Lipinski definition) is 18. The summed E-state index contributed by atoms with van der Waals surface area (Å²) < 4.78 is 46.0. The molecule has 5 aromatic heterocycles. The molecule has 0 unspecified atom stereocenters. The highest BCUT2D eigenvalue weighted by Gasteiger charge is 2.35. The van der Waals surface area contributed by atoms with E-state index in [2.05, 4.69) is 81.1 Å². The largest absolute Gasteiger partial charge is 0.494 e. The van der Waals surface area contributed by atoms with Gasteiger partial charge in [-0.15, -0.1) is 0 Å². The van der Waals surface area contributed by atoms with Gasteiger partial charge in [-0.2, -0.15) is 24.4 Å². The lowest BCUT2D eigenvalue weighted by atomic mass is 10.1. The van der Waals surface area contributed by atoms with Crippen LogP contribution in [0.15, 0.2) is 86.5 Å². The van der Waals surface area contributed by atoms with Crippen molar-refractivity contribution in [3.05, 3.63) is 86.5 Å². The maximum atomic E-state index is 12.3. The van der Waals surface area contributed by atoms with E-state index in [9.17, 15) is 18.0 Å². The summed E-state index contributed by atoms with van der Waals surface area (Å²) in [6, 6.07) is 11.2. The molecule has 0 bridgehead atoms. The number of hydrogen-bond donors (Lipinski definition) is 5. The SMILES string of the molecule is C=CC(=O)Nc1cc(Nc2nc(-c3cnn(C)c3)c3ccn(C)c3n2)c(OC)cc1N(C)CCN(C)C.C=CC(=O)Nc1cc(Nc2nc(OC3CN(S(C)(=O)=O)C3)c3cc[nH]c3n2)c(OC)cc1N1CCN(C)CC1. The van der Waals surface area contributed by atoms with Crippen LogP contribution in [0.25, 0.3) is 33.3 Å². The van der Waals surface area contributed by atoms with E-state index in [1.165, 1.54) is 22.7 Å². The average molecular weight is 1060 g/mol. The molecule has 0 atom stereocenters. The maximum Gasteiger partial charge on any atom is 0.247 e. The van der Waals surface area contributed by atoms with Crippen molar-refractivity contribution >= 4 is 89.9 Å². The van der Waals surface area contributed by atoms with E-state index in [4.69, 9.17) is 24.2 Å². The van der Waals surface area contributed by atoms with Crippen molar-refractivity contribution in [3.8, 4) is 28.6 Å². The van der Waals surface area contributed by atoms with E-state index in [1.54, 1.807) is 43.4 Å². The minimum Gasteiger partial charge on any atom is -0.494 e. The Morgan fingerprint density at radius 1 is 0.816 bits per heavy atom. The molecule has 24 nitrogen and oxygen atoms in total. The van der Waals surface area contributed by atoms with Gasteiger partial charge in [-0.25, -0.2) is 13.4 Å². The van der Waals surface area contributed by atoms with Gasteiger partial charge in [0.05, 0.1) is 85.0 Å². The number of ether oxygens (including phenoxy) is 3. The average Bonchev–Trinajstić information content (AvgIpc) is 4.15. The number of aromatic nitrogens is 8. The van der Waals surface area contributed by atoms with Crippen LogP contribution in [0, 0.1) is 0 Å². The number of aryl methyl sites for hydroxylation is 2. The van der Waals surface area contributed by atoms with Gasteiger partial charge in [0, 0.05) is 102 Å². The first kappa shape index (κ1) is 54.0. The Bertz CT molecular complexity index is 3380. The zero-order valence-corrected chi connectivity index (χ0v) is 45.0. The first-order valence-corrected chi connectivity index (χ1v) is 26.1. The summed E-state index contributed by atoms with van der Waals surface area (Å²) in [5.74, 6) is 1.45. The van der Waals surface area contributed by atoms with Crippen LogP contribution >= 0.6 is 0 Å². The number of carbonyl (C=O) groups excluding carboxylic acids is 2. The van der Waals surface area contributed by atoms with E-state index in [0.717, 1.165) is 72.9 Å². The molecule has 7 aromatic rings. The van der Waals surface area contributed by atoms with Crippen molar-refractivity contribution in [2.45, 2.75) is 6.10 Å². The molecule has 402 valence electrons. The van der Waals surface area contributed by atoms with E-state index in [1.807, 2.05) is 76.5 Å². The lowest BCUT2D eigenvalue weighted by Crippen LogP contribution is -2.55. The highest BCUT2D eigenvalue weighted by atomic mass is 32.2. The second kappa shape index (κ2) is 23.1. The van der Waals surface area contributed by atoms with Crippen molar-refractivity contribution < 1.29 is 32.2 Å². The summed E-state index contributed by atoms with van der Waals surface area (Å²) in [6.45, 7) is 12.7. The monoisotopic (exact) mass is 1060 g/mol. The topological polar surface area (TPSA) is 250 Å². The van der Waals surface area contributed by atoms with Gasteiger partial charge in [-0.3, -0.25) is 14.3 Å². The van der Waals surface area contributed by atoms with Gasteiger partial charge in [-0.1, -0.05) is 13.2 Å². The summed E-state index contributed by atoms with van der Waals surface area (Å²) >= 11 is 0. The van der Waals surface area contributed by atoms with Crippen molar-refractivity contribution in [1.29, 1.82) is 0 Å². The molecule has 25 heteroatoms. The molecule has 2 aromatic carbocycles. The Morgan fingerprint density at radius 2 is 1.46 bits per heavy atom. The van der Waals surface area contributed by atoms with Crippen LogP contribution in [0.1, 0.15) is 0 Å². The van der Waals surface area contributed by atoms with Crippen LogP contribution in [0.2, 0.25) is 0 Å². The Labute approximate surface area is 441 Å². The number of carbonyl (C=O) groups is 2. The third kappa shape index (κ3) is 12.5. The third-order valence-electron chi connectivity index (χ3n) is 12.8. The predicted molar refractivity (Wildman–Crippen MR) is 297 cm³/mol. The lowest BCUT2D eigenvalue weighted by molar-refractivity contribution is -0.112. The summed E-state index contributed by atoms with van der Waals surface area (Å²) in [6.07, 6.45) is 10.7. The number of H-pyrrole nitrogens is 1. The Balaban J connectivity index is 0.000000202. The summed E-state index contributed by atoms with van der Waals surface area (Å²) in [4.78, 5) is 54.9. The number of piperazine rings is 1. The molecule has 5 N–H and O–H groups in total. The van der Waals surface area contributed by atoms with Gasteiger partial charge in [0.15, 0.2) is 0 Å². The highest BCUT2D eigenvalue weighted by Crippen LogP contribution is 2.41. The molecule has 2 aliphatic rings. The number of nitrogens with one attached hydrogen (secondary N) is 5. The van der Waals surface area contributed by atoms with Gasteiger partial charge in [0.25, 0.3) is 0 Å². The summed E-state index contributed by atoms with van der Waals surface area (Å²) in [5.41, 5.74) is 6.98. The standard InChI is InChI=1S/C26H33N9O2.C25H32N8O5S/c1-8-23(36)28-19-13-20(22(37-7)14-21(19)33(4)12-11-32(2)3)29-26-30-24(17-15-27-35(6)16-17)18-9-10-34(5)25(18)31-26;1-5-22(34)27-18-12-19(21(37-3)13-20(18)32-10-8-31(2)9-11-32)28-25-29-23-17(6-7-26-23)24(30-25)38-16-14-33(15-16)39(4,35)36/h8-10,13-16H,1,11-12H2,2-7H3,(H,28,36)(H,29,30,31);5-7,12-13,16H,1,8-11,14-15H2,2-4H3,(H,27,34)(H2,26,28,29,30). The van der Waals surface area contributed by atoms with Crippen LogP contribution in [0.5, 0.6) is 17.4 Å². The zero-order valence-electron chi connectivity index (χ0n) is 44.2. The van der Waals surface area contributed by atoms with Crippen molar-refractivity contribution in [2.24, 2.45) is 14.1 Å². The fourth-order valence-corrected chi connectivity index (χ4v) is 9.37. The highest BCUT2D eigenvalue weighted by molar-refractivity contribution is 7.88. The molecule has 2 aliphatic heterocycles. The van der Waals surface area contributed by atoms with Crippen LogP contribution in [0.4, 0.5) is 46.0 Å². The normalized spacial score (nSPS) is 14.2. The molecule has 9 rings (SSSR count). The number of amides is 2. The van der Waals surface area contributed by atoms with E-state index >= 15 is 0 Å². The molecular formula is C51H65N17O7S. The number of methoxy groups -OCH3 is 2. The molecule has 2 amide bonds. The minimum atomic E-state index is -3.26. The van der Waals surface area contributed by atoms with E-state index < -0.39 is 10.0 Å². The fourth-order valence-electron chi connectivity index (χ4n) is 8.49. The number of benzene rings is 2. The van der Waals surface area contributed by atoms with Crippen LogP contribution < -0.4 is 45.3 Å². The summed E-state index contributed by atoms with van der Waals surface area (Å²) in [7, 11) is 11.8. The van der Waals surface area contributed by atoms with E-state index in [-0.39, 0.29) is 37.0 Å². The molecule has 0 radical (unpaired) electrons. The van der Waals surface area contributed by atoms with Gasteiger partial charge < -0.3 is 64.6 Å². The lowest BCUT2D eigenvalue weighted by Gasteiger charge is -2.36. The quantitative estimate of drug-likeness (QED) is 0.0679. The Morgan fingerprint density at radius 3 is 2.08 bits per heavy atom.